The minimum absolute atomic E-state index is 0.109. The molecule has 0 atom stereocenters. The third-order valence-corrected chi connectivity index (χ3v) is 3.85. The van der Waals surface area contributed by atoms with Gasteiger partial charge in [0.15, 0.2) is 0 Å². The van der Waals surface area contributed by atoms with Crippen LogP contribution in [0.15, 0.2) is 18.3 Å². The van der Waals surface area contributed by atoms with Gasteiger partial charge in [0.1, 0.15) is 0 Å². The summed E-state index contributed by atoms with van der Waals surface area (Å²) in [4.78, 5) is 19.3. The van der Waals surface area contributed by atoms with E-state index in [1.807, 2.05) is 4.90 Å². The Morgan fingerprint density at radius 3 is 2.68 bits per heavy atom. The van der Waals surface area contributed by atoms with E-state index in [0.29, 0.717) is 5.82 Å². The van der Waals surface area contributed by atoms with E-state index in [1.54, 1.807) is 12.3 Å². The van der Waals surface area contributed by atoms with Crippen molar-refractivity contribution in [3.63, 3.8) is 0 Å². The van der Waals surface area contributed by atoms with Crippen LogP contribution in [-0.4, -0.2) is 47.5 Å². The molecule has 19 heavy (non-hydrogen) atoms. The second-order valence-corrected chi connectivity index (χ2v) is 5.33. The van der Waals surface area contributed by atoms with Crippen molar-refractivity contribution in [3.05, 3.63) is 28.4 Å². The lowest BCUT2D eigenvalue weighted by Crippen LogP contribution is -2.47. The van der Waals surface area contributed by atoms with Crippen molar-refractivity contribution in [3.8, 4) is 0 Å². The Kier molecular flexibility index (Phi) is 3.33. The smallest absolute Gasteiger partial charge is 0.311 e. The molecule has 1 aromatic heterocycles. The van der Waals surface area contributed by atoms with Crippen molar-refractivity contribution >= 4 is 11.5 Å². The van der Waals surface area contributed by atoms with E-state index in [-0.39, 0.29) is 10.6 Å². The van der Waals surface area contributed by atoms with Crippen molar-refractivity contribution in [1.82, 2.24) is 9.88 Å². The number of anilines is 1. The summed E-state index contributed by atoms with van der Waals surface area (Å²) in [5.74, 6) is 1.41. The Morgan fingerprint density at radius 2 is 2.05 bits per heavy atom. The molecule has 0 bridgehead atoms. The van der Waals surface area contributed by atoms with Gasteiger partial charge in [-0.1, -0.05) is 0 Å². The van der Waals surface area contributed by atoms with Gasteiger partial charge in [-0.05, 0) is 24.8 Å². The standard InChI is InChI=1S/C13H18N4O2/c18-17(19)12-2-1-5-14-13(12)16-8-6-15(7-9-16)10-11-3-4-11/h1-2,5,11H,3-4,6-10H2. The molecule has 1 aliphatic heterocycles. The Hall–Kier alpha value is -1.69. The number of pyridine rings is 1. The van der Waals surface area contributed by atoms with Gasteiger partial charge in [0.2, 0.25) is 5.82 Å². The monoisotopic (exact) mass is 262 g/mol. The van der Waals surface area contributed by atoms with E-state index in [2.05, 4.69) is 9.88 Å². The van der Waals surface area contributed by atoms with Gasteiger partial charge in [-0.15, -0.1) is 0 Å². The molecule has 2 aliphatic rings. The van der Waals surface area contributed by atoms with Crippen molar-refractivity contribution < 1.29 is 4.92 Å². The minimum atomic E-state index is -0.348. The van der Waals surface area contributed by atoms with Gasteiger partial charge in [0.05, 0.1) is 4.92 Å². The molecule has 0 spiro atoms. The van der Waals surface area contributed by atoms with Crippen LogP contribution in [0.1, 0.15) is 12.8 Å². The summed E-state index contributed by atoms with van der Waals surface area (Å²) in [5.41, 5.74) is 0.109. The molecule has 3 rings (SSSR count). The average molecular weight is 262 g/mol. The van der Waals surface area contributed by atoms with E-state index in [9.17, 15) is 10.1 Å². The zero-order chi connectivity index (χ0) is 13.2. The lowest BCUT2D eigenvalue weighted by molar-refractivity contribution is -0.384. The normalized spacial score (nSPS) is 20.5. The number of hydrogen-bond acceptors (Lipinski definition) is 5. The van der Waals surface area contributed by atoms with Crippen molar-refractivity contribution in [2.45, 2.75) is 12.8 Å². The zero-order valence-corrected chi connectivity index (χ0v) is 10.9. The van der Waals surface area contributed by atoms with Crippen LogP contribution < -0.4 is 4.90 Å². The summed E-state index contributed by atoms with van der Waals surface area (Å²) in [7, 11) is 0. The molecule has 1 aromatic rings. The number of rotatable bonds is 4. The third kappa shape index (κ3) is 2.84. The first-order chi connectivity index (χ1) is 9.24. The summed E-state index contributed by atoms with van der Waals surface area (Å²) in [6.45, 7) is 4.79. The highest BCUT2D eigenvalue weighted by Crippen LogP contribution is 2.31. The third-order valence-electron chi connectivity index (χ3n) is 3.85. The Bertz CT molecular complexity index is 467. The molecule has 6 nitrogen and oxygen atoms in total. The molecule has 0 unspecified atom stereocenters. The van der Waals surface area contributed by atoms with Crippen molar-refractivity contribution in [1.29, 1.82) is 0 Å². The lowest BCUT2D eigenvalue weighted by Gasteiger charge is -2.35. The molecule has 1 aliphatic carbocycles. The van der Waals surface area contributed by atoms with Gasteiger partial charge < -0.3 is 4.90 Å². The number of nitrogens with zero attached hydrogens (tertiary/aromatic N) is 4. The second-order valence-electron chi connectivity index (χ2n) is 5.33. The maximum Gasteiger partial charge on any atom is 0.311 e. The highest BCUT2D eigenvalue weighted by Gasteiger charge is 2.28. The maximum absolute atomic E-state index is 11.0. The summed E-state index contributed by atoms with van der Waals surface area (Å²) < 4.78 is 0. The summed E-state index contributed by atoms with van der Waals surface area (Å²) >= 11 is 0. The molecule has 6 heteroatoms. The van der Waals surface area contributed by atoms with Crippen molar-refractivity contribution in [2.75, 3.05) is 37.6 Å². The molecular formula is C13H18N4O2. The predicted octanol–water partition coefficient (Wildman–Crippen LogP) is 1.52. The van der Waals surface area contributed by atoms with E-state index >= 15 is 0 Å². The Labute approximate surface area is 112 Å². The Balaban J connectivity index is 1.65. The van der Waals surface area contributed by atoms with E-state index in [4.69, 9.17) is 0 Å². The van der Waals surface area contributed by atoms with Crippen LogP contribution in [-0.2, 0) is 0 Å². The highest BCUT2D eigenvalue weighted by molar-refractivity contribution is 5.57. The first-order valence-electron chi connectivity index (χ1n) is 6.81. The van der Waals surface area contributed by atoms with Crippen LogP contribution in [0.4, 0.5) is 11.5 Å². The first kappa shape index (κ1) is 12.3. The zero-order valence-electron chi connectivity index (χ0n) is 10.9. The maximum atomic E-state index is 11.0. The molecule has 1 saturated heterocycles. The SMILES string of the molecule is O=[N+]([O-])c1cccnc1N1CCN(CC2CC2)CC1. The average Bonchev–Trinajstić information content (AvgIpc) is 3.23. The van der Waals surface area contributed by atoms with Gasteiger partial charge in [0.25, 0.3) is 0 Å². The lowest BCUT2D eigenvalue weighted by atomic mass is 10.2. The van der Waals surface area contributed by atoms with E-state index < -0.39 is 0 Å². The Morgan fingerprint density at radius 1 is 1.32 bits per heavy atom. The van der Waals surface area contributed by atoms with Crippen LogP contribution in [0.2, 0.25) is 0 Å². The molecule has 2 fully saturated rings. The second kappa shape index (κ2) is 5.13. The van der Waals surface area contributed by atoms with Crippen LogP contribution in [0, 0.1) is 16.0 Å². The van der Waals surface area contributed by atoms with Gasteiger partial charge in [-0.3, -0.25) is 15.0 Å². The number of nitro groups is 1. The molecule has 102 valence electrons. The van der Waals surface area contributed by atoms with Gasteiger partial charge >= 0.3 is 5.69 Å². The first-order valence-corrected chi connectivity index (χ1v) is 6.81. The molecule has 1 saturated carbocycles. The summed E-state index contributed by atoms with van der Waals surface area (Å²) in [6, 6.07) is 3.14. The topological polar surface area (TPSA) is 62.5 Å². The van der Waals surface area contributed by atoms with Gasteiger partial charge in [-0.2, -0.15) is 0 Å². The summed E-state index contributed by atoms with van der Waals surface area (Å²) in [6.07, 6.45) is 4.36. The largest absolute Gasteiger partial charge is 0.348 e. The molecule has 0 amide bonds. The molecule has 0 N–H and O–H groups in total. The molecule has 0 radical (unpaired) electrons. The van der Waals surface area contributed by atoms with Crippen LogP contribution in [0.5, 0.6) is 0 Å². The minimum Gasteiger partial charge on any atom is -0.348 e. The van der Waals surface area contributed by atoms with Crippen LogP contribution >= 0.6 is 0 Å². The van der Waals surface area contributed by atoms with Crippen LogP contribution in [0.3, 0.4) is 0 Å². The molecule has 2 heterocycles. The number of aromatic nitrogens is 1. The van der Waals surface area contributed by atoms with E-state index in [0.717, 1.165) is 32.1 Å². The molecule has 0 aromatic carbocycles. The quantitative estimate of drug-likeness (QED) is 0.608. The van der Waals surface area contributed by atoms with Crippen LogP contribution in [0.25, 0.3) is 0 Å². The number of hydrogen-bond donors (Lipinski definition) is 0. The predicted molar refractivity (Wildman–Crippen MR) is 72.3 cm³/mol. The van der Waals surface area contributed by atoms with Crippen molar-refractivity contribution in [2.24, 2.45) is 5.92 Å². The fourth-order valence-corrected chi connectivity index (χ4v) is 2.58. The van der Waals surface area contributed by atoms with Gasteiger partial charge in [0, 0.05) is 45.0 Å². The summed E-state index contributed by atoms with van der Waals surface area (Å²) in [5, 5.41) is 11.0. The highest BCUT2D eigenvalue weighted by atomic mass is 16.6. The van der Waals surface area contributed by atoms with Gasteiger partial charge in [-0.25, -0.2) is 4.98 Å². The fourth-order valence-electron chi connectivity index (χ4n) is 2.58. The molecular weight excluding hydrogens is 244 g/mol. The van der Waals surface area contributed by atoms with E-state index in [1.165, 1.54) is 25.5 Å². The fraction of sp³-hybridized carbons (Fsp3) is 0.615. The number of piperazine rings is 1.